The van der Waals surface area contributed by atoms with E-state index in [2.05, 4.69) is 60.1 Å². The van der Waals surface area contributed by atoms with E-state index in [1.54, 1.807) is 12.4 Å². The molecule has 23 heavy (non-hydrogen) atoms. The van der Waals surface area contributed by atoms with Gasteiger partial charge in [0.25, 0.3) is 0 Å². The lowest BCUT2D eigenvalue weighted by atomic mass is 10.1. The number of aryl methyl sites for hydroxylation is 2. The zero-order chi connectivity index (χ0) is 16.3. The average molecular weight is 304 g/mol. The van der Waals surface area contributed by atoms with Crippen LogP contribution in [0.4, 0.5) is 0 Å². The Bertz CT molecular complexity index is 649. The van der Waals surface area contributed by atoms with Crippen LogP contribution in [0.15, 0.2) is 71.4 Å². The first-order chi connectivity index (χ1) is 11.3. The van der Waals surface area contributed by atoms with Crippen LogP contribution in [0.3, 0.4) is 0 Å². The van der Waals surface area contributed by atoms with Crippen molar-refractivity contribution in [3.8, 4) is 0 Å². The fraction of sp³-hybridized carbons (Fsp3) is 0.238. The van der Waals surface area contributed by atoms with Gasteiger partial charge in [-0.1, -0.05) is 60.2 Å². The average Bonchev–Trinajstić information content (AvgIpc) is 2.58. The van der Waals surface area contributed by atoms with Gasteiger partial charge in [0, 0.05) is 0 Å². The lowest BCUT2D eigenvalue weighted by molar-refractivity contribution is 0.748. The van der Waals surface area contributed by atoms with E-state index in [4.69, 9.17) is 0 Å². The van der Waals surface area contributed by atoms with E-state index < -0.39 is 0 Å². The molecule has 2 heteroatoms. The van der Waals surface area contributed by atoms with Gasteiger partial charge < -0.3 is 0 Å². The predicted octanol–water partition coefficient (Wildman–Crippen LogP) is 5.35. The Morgan fingerprint density at radius 1 is 0.826 bits per heavy atom. The first-order valence-electron chi connectivity index (χ1n) is 8.11. The smallest absolute Gasteiger partial charge is 0.0568 e. The molecule has 2 rings (SSSR count). The van der Waals surface area contributed by atoms with E-state index >= 15 is 0 Å². The standard InChI is InChI=1S/C21H24N2/c1-3-4-5-6-7-19-12-14-21(15-13-19)17-23-22-16-20-10-8-18(2)9-11-20/h3,8-17H,1,4-7H2,2H3. The summed E-state index contributed by atoms with van der Waals surface area (Å²) in [6, 6.07) is 16.7. The van der Waals surface area contributed by atoms with Gasteiger partial charge in [-0.15, -0.1) is 6.58 Å². The van der Waals surface area contributed by atoms with E-state index in [1.807, 2.05) is 18.2 Å². The summed E-state index contributed by atoms with van der Waals surface area (Å²) in [6.07, 6.45) is 10.2. The summed E-state index contributed by atoms with van der Waals surface area (Å²) >= 11 is 0. The molecule has 0 fully saturated rings. The van der Waals surface area contributed by atoms with Crippen LogP contribution in [0, 0.1) is 6.92 Å². The minimum Gasteiger partial charge on any atom is -0.159 e. The minimum atomic E-state index is 1.06. The van der Waals surface area contributed by atoms with Gasteiger partial charge >= 0.3 is 0 Å². The van der Waals surface area contributed by atoms with Crippen LogP contribution < -0.4 is 0 Å². The predicted molar refractivity (Wildman–Crippen MR) is 101 cm³/mol. The monoisotopic (exact) mass is 304 g/mol. The molecule has 0 atom stereocenters. The van der Waals surface area contributed by atoms with Gasteiger partial charge in [-0.05, 0) is 49.3 Å². The molecule has 2 aromatic rings. The molecule has 2 nitrogen and oxygen atoms in total. The number of nitrogens with zero attached hydrogens (tertiary/aromatic N) is 2. The molecular formula is C21H24N2. The Hall–Kier alpha value is -2.48. The van der Waals surface area contributed by atoms with Crippen molar-refractivity contribution in [2.75, 3.05) is 0 Å². The van der Waals surface area contributed by atoms with Gasteiger partial charge in [0.1, 0.15) is 0 Å². The molecule has 0 radical (unpaired) electrons. The van der Waals surface area contributed by atoms with Crippen molar-refractivity contribution in [3.05, 3.63) is 83.4 Å². The second-order valence-electron chi connectivity index (χ2n) is 5.68. The molecule has 0 amide bonds. The number of hydrogen-bond donors (Lipinski definition) is 0. The number of benzene rings is 2. The van der Waals surface area contributed by atoms with Crippen LogP contribution in [0.2, 0.25) is 0 Å². The Kier molecular flexibility index (Phi) is 6.99. The van der Waals surface area contributed by atoms with Crippen molar-refractivity contribution in [1.82, 2.24) is 0 Å². The first-order valence-corrected chi connectivity index (χ1v) is 8.11. The third-order valence-corrected chi connectivity index (χ3v) is 3.66. The number of unbranched alkanes of at least 4 members (excludes halogenated alkanes) is 2. The highest BCUT2D eigenvalue weighted by atomic mass is 15.2. The fourth-order valence-corrected chi connectivity index (χ4v) is 2.24. The van der Waals surface area contributed by atoms with E-state index in [0.29, 0.717) is 0 Å². The SMILES string of the molecule is C=CCCCCc1ccc(C=NN=Cc2ccc(C)cc2)cc1. The second kappa shape index (κ2) is 9.52. The summed E-state index contributed by atoms with van der Waals surface area (Å²) in [5, 5.41) is 8.20. The maximum atomic E-state index is 4.11. The maximum Gasteiger partial charge on any atom is 0.0568 e. The molecule has 0 heterocycles. The molecule has 0 aromatic heterocycles. The zero-order valence-electron chi connectivity index (χ0n) is 13.8. The highest BCUT2D eigenvalue weighted by Gasteiger charge is 1.93. The molecule has 0 bridgehead atoms. The Labute approximate surface area is 139 Å². The summed E-state index contributed by atoms with van der Waals surface area (Å²) in [5.41, 5.74) is 4.74. The van der Waals surface area contributed by atoms with Crippen molar-refractivity contribution in [2.45, 2.75) is 32.6 Å². The molecule has 0 aliphatic heterocycles. The highest BCUT2D eigenvalue weighted by Crippen LogP contribution is 2.08. The fourth-order valence-electron chi connectivity index (χ4n) is 2.24. The van der Waals surface area contributed by atoms with Crippen molar-refractivity contribution in [1.29, 1.82) is 0 Å². The molecule has 0 saturated carbocycles. The van der Waals surface area contributed by atoms with Crippen molar-refractivity contribution in [2.24, 2.45) is 10.2 Å². The Balaban J connectivity index is 1.82. The van der Waals surface area contributed by atoms with Gasteiger partial charge in [0.05, 0.1) is 12.4 Å². The molecule has 0 aliphatic carbocycles. The Morgan fingerprint density at radius 2 is 1.39 bits per heavy atom. The molecular weight excluding hydrogens is 280 g/mol. The summed E-state index contributed by atoms with van der Waals surface area (Å²) in [7, 11) is 0. The van der Waals surface area contributed by atoms with Gasteiger partial charge in [-0.25, -0.2) is 0 Å². The number of rotatable bonds is 8. The largest absolute Gasteiger partial charge is 0.159 e. The molecule has 0 spiro atoms. The molecule has 0 aliphatic rings. The normalized spacial score (nSPS) is 11.3. The summed E-state index contributed by atoms with van der Waals surface area (Å²) in [6.45, 7) is 5.82. The minimum absolute atomic E-state index is 1.06. The summed E-state index contributed by atoms with van der Waals surface area (Å²) < 4.78 is 0. The second-order valence-corrected chi connectivity index (χ2v) is 5.68. The third kappa shape index (κ3) is 6.43. The van der Waals surface area contributed by atoms with Crippen molar-refractivity contribution < 1.29 is 0 Å². The van der Waals surface area contributed by atoms with Crippen LogP contribution in [0.1, 0.15) is 41.5 Å². The van der Waals surface area contributed by atoms with E-state index in [-0.39, 0.29) is 0 Å². The van der Waals surface area contributed by atoms with Crippen molar-refractivity contribution in [3.63, 3.8) is 0 Å². The van der Waals surface area contributed by atoms with Crippen LogP contribution >= 0.6 is 0 Å². The molecule has 118 valence electrons. The molecule has 0 unspecified atom stereocenters. The lowest BCUT2D eigenvalue weighted by Gasteiger charge is -2.00. The van der Waals surface area contributed by atoms with Gasteiger partial charge in [-0.3, -0.25) is 0 Å². The van der Waals surface area contributed by atoms with Crippen molar-refractivity contribution >= 4 is 12.4 Å². The van der Waals surface area contributed by atoms with Crippen LogP contribution in [-0.2, 0) is 6.42 Å². The van der Waals surface area contributed by atoms with Crippen LogP contribution in [-0.4, -0.2) is 12.4 Å². The third-order valence-electron chi connectivity index (χ3n) is 3.66. The highest BCUT2D eigenvalue weighted by molar-refractivity contribution is 5.82. The zero-order valence-corrected chi connectivity index (χ0v) is 13.8. The summed E-state index contributed by atoms with van der Waals surface area (Å²) in [4.78, 5) is 0. The number of hydrogen-bond acceptors (Lipinski definition) is 2. The van der Waals surface area contributed by atoms with E-state index in [1.165, 1.54) is 24.0 Å². The van der Waals surface area contributed by atoms with Crippen LogP contribution in [0.5, 0.6) is 0 Å². The van der Waals surface area contributed by atoms with E-state index in [0.717, 1.165) is 24.0 Å². The molecule has 2 aromatic carbocycles. The quantitative estimate of drug-likeness (QED) is 0.272. The van der Waals surface area contributed by atoms with Gasteiger partial charge in [0.15, 0.2) is 0 Å². The van der Waals surface area contributed by atoms with E-state index in [9.17, 15) is 0 Å². The number of allylic oxidation sites excluding steroid dienone is 1. The maximum absolute atomic E-state index is 4.11. The molecule has 0 saturated heterocycles. The summed E-state index contributed by atoms with van der Waals surface area (Å²) in [5.74, 6) is 0. The van der Waals surface area contributed by atoms with Gasteiger partial charge in [0.2, 0.25) is 0 Å². The van der Waals surface area contributed by atoms with Crippen LogP contribution in [0.25, 0.3) is 0 Å². The Morgan fingerprint density at radius 3 is 1.96 bits per heavy atom. The lowest BCUT2D eigenvalue weighted by Crippen LogP contribution is -1.87. The first kappa shape index (κ1) is 16.9. The topological polar surface area (TPSA) is 24.7 Å². The molecule has 0 N–H and O–H groups in total. The van der Waals surface area contributed by atoms with Gasteiger partial charge in [-0.2, -0.15) is 10.2 Å².